The number of rotatable bonds is 5. The van der Waals surface area contributed by atoms with Crippen LogP contribution in [0.3, 0.4) is 0 Å². The van der Waals surface area contributed by atoms with E-state index in [9.17, 15) is 4.79 Å². The zero-order valence-electron chi connectivity index (χ0n) is 13.5. The van der Waals surface area contributed by atoms with Gasteiger partial charge in [-0.2, -0.15) is 16.4 Å². The van der Waals surface area contributed by atoms with E-state index in [0.717, 1.165) is 11.4 Å². The number of hydrogen-bond acceptors (Lipinski definition) is 6. The van der Waals surface area contributed by atoms with Crippen LogP contribution in [0.1, 0.15) is 10.4 Å². The lowest BCUT2D eigenvalue weighted by molar-refractivity contribution is 0.102. The fourth-order valence-corrected chi connectivity index (χ4v) is 2.96. The quantitative estimate of drug-likeness (QED) is 0.565. The Bertz CT molecular complexity index is 997. The number of carbonyl (C=O) groups excluding carboxylic acids is 1. The molecule has 0 saturated carbocycles. The summed E-state index contributed by atoms with van der Waals surface area (Å²) in [5.41, 5.74) is 2.24. The Morgan fingerprint density at radius 1 is 1.08 bits per heavy atom. The van der Waals surface area contributed by atoms with Gasteiger partial charge in [0.1, 0.15) is 12.1 Å². The number of hydrogen-bond donors (Lipinski definition) is 2. The highest BCUT2D eigenvalue weighted by Crippen LogP contribution is 2.19. The summed E-state index contributed by atoms with van der Waals surface area (Å²) < 4.78 is 1.66. The summed E-state index contributed by atoms with van der Waals surface area (Å²) in [6.07, 6.45) is 4.99. The molecule has 4 aromatic rings. The molecule has 0 saturated heterocycles. The predicted molar refractivity (Wildman–Crippen MR) is 101 cm³/mol. The van der Waals surface area contributed by atoms with E-state index >= 15 is 0 Å². The number of amides is 1. The summed E-state index contributed by atoms with van der Waals surface area (Å²) in [6.45, 7) is 0. The van der Waals surface area contributed by atoms with Crippen LogP contribution >= 0.6 is 11.3 Å². The molecule has 0 radical (unpaired) electrons. The second kappa shape index (κ2) is 7.16. The third-order valence-electron chi connectivity index (χ3n) is 3.59. The molecule has 128 valence electrons. The highest BCUT2D eigenvalue weighted by atomic mass is 32.1. The van der Waals surface area contributed by atoms with Crippen LogP contribution in [-0.4, -0.2) is 25.7 Å². The second-order valence-corrected chi connectivity index (χ2v) is 6.16. The van der Waals surface area contributed by atoms with Crippen LogP contribution in [0.2, 0.25) is 0 Å². The van der Waals surface area contributed by atoms with E-state index in [1.54, 1.807) is 23.0 Å². The zero-order chi connectivity index (χ0) is 17.8. The number of anilines is 3. The average molecular weight is 362 g/mol. The van der Waals surface area contributed by atoms with Crippen LogP contribution in [0.4, 0.5) is 17.2 Å². The molecule has 0 fully saturated rings. The smallest absolute Gasteiger partial charge is 0.256 e. The molecule has 8 heteroatoms. The number of nitrogens with zero attached hydrogens (tertiary/aromatic N) is 4. The summed E-state index contributed by atoms with van der Waals surface area (Å²) in [7, 11) is 0. The van der Waals surface area contributed by atoms with Crippen molar-refractivity contribution >= 4 is 34.4 Å². The Hall–Kier alpha value is -3.52. The summed E-state index contributed by atoms with van der Waals surface area (Å²) in [4.78, 5) is 20.5. The van der Waals surface area contributed by atoms with Gasteiger partial charge in [0.15, 0.2) is 5.82 Å². The Morgan fingerprint density at radius 2 is 1.92 bits per heavy atom. The van der Waals surface area contributed by atoms with Gasteiger partial charge in [-0.1, -0.05) is 0 Å². The third-order valence-corrected chi connectivity index (χ3v) is 4.27. The van der Waals surface area contributed by atoms with Gasteiger partial charge in [-0.3, -0.25) is 4.79 Å². The van der Waals surface area contributed by atoms with Crippen molar-refractivity contribution in [2.75, 3.05) is 10.6 Å². The molecule has 0 aliphatic carbocycles. The maximum atomic E-state index is 12.1. The third kappa shape index (κ3) is 3.60. The van der Waals surface area contributed by atoms with Crippen molar-refractivity contribution in [3.8, 4) is 5.82 Å². The van der Waals surface area contributed by atoms with Crippen molar-refractivity contribution in [1.29, 1.82) is 0 Å². The van der Waals surface area contributed by atoms with Crippen molar-refractivity contribution < 1.29 is 4.79 Å². The van der Waals surface area contributed by atoms with E-state index in [1.807, 2.05) is 47.3 Å². The molecular formula is C18H14N6OS. The molecule has 1 amide bonds. The average Bonchev–Trinajstić information content (AvgIpc) is 3.38. The molecule has 0 spiro atoms. The van der Waals surface area contributed by atoms with Crippen molar-refractivity contribution in [3.05, 3.63) is 77.5 Å². The lowest BCUT2D eigenvalue weighted by Crippen LogP contribution is -2.10. The van der Waals surface area contributed by atoms with Crippen LogP contribution in [0, 0.1) is 0 Å². The van der Waals surface area contributed by atoms with Crippen molar-refractivity contribution in [2.45, 2.75) is 0 Å². The van der Waals surface area contributed by atoms with E-state index in [4.69, 9.17) is 0 Å². The Kier molecular flexibility index (Phi) is 4.40. The SMILES string of the molecule is O=C(Nc1ccc(Nc2cc(-n3cccn3)ncn2)cc1)c1ccsc1. The topological polar surface area (TPSA) is 84.7 Å². The van der Waals surface area contributed by atoms with E-state index < -0.39 is 0 Å². The molecule has 0 unspecified atom stereocenters. The van der Waals surface area contributed by atoms with Gasteiger partial charge in [-0.15, -0.1) is 0 Å². The summed E-state index contributed by atoms with van der Waals surface area (Å²) in [6, 6.07) is 12.8. The van der Waals surface area contributed by atoms with E-state index in [2.05, 4.69) is 25.7 Å². The molecule has 3 aromatic heterocycles. The molecule has 7 nitrogen and oxygen atoms in total. The zero-order valence-corrected chi connectivity index (χ0v) is 14.4. The van der Waals surface area contributed by atoms with Gasteiger partial charge in [-0.05, 0) is 41.8 Å². The van der Waals surface area contributed by atoms with Crippen LogP contribution in [0.25, 0.3) is 5.82 Å². The van der Waals surface area contributed by atoms with Crippen LogP contribution < -0.4 is 10.6 Å². The molecule has 0 atom stereocenters. The maximum Gasteiger partial charge on any atom is 0.256 e. The van der Waals surface area contributed by atoms with Gasteiger partial charge in [-0.25, -0.2) is 14.6 Å². The number of aromatic nitrogens is 4. The lowest BCUT2D eigenvalue weighted by atomic mass is 10.2. The predicted octanol–water partition coefficient (Wildman–Crippen LogP) is 3.72. The highest BCUT2D eigenvalue weighted by Gasteiger charge is 2.06. The first-order valence-electron chi connectivity index (χ1n) is 7.81. The number of nitrogens with one attached hydrogen (secondary N) is 2. The molecule has 26 heavy (non-hydrogen) atoms. The Labute approximate surface area is 153 Å². The van der Waals surface area contributed by atoms with Gasteiger partial charge in [0.2, 0.25) is 0 Å². The molecule has 0 aliphatic heterocycles. The van der Waals surface area contributed by atoms with E-state index in [1.165, 1.54) is 17.7 Å². The number of carbonyl (C=O) groups is 1. The first-order chi connectivity index (χ1) is 12.8. The molecule has 3 heterocycles. The number of thiophene rings is 1. The van der Waals surface area contributed by atoms with Crippen molar-refractivity contribution in [1.82, 2.24) is 19.7 Å². The maximum absolute atomic E-state index is 12.1. The highest BCUT2D eigenvalue weighted by molar-refractivity contribution is 7.08. The van der Waals surface area contributed by atoms with E-state index in [0.29, 0.717) is 17.2 Å². The van der Waals surface area contributed by atoms with Crippen LogP contribution in [-0.2, 0) is 0 Å². The van der Waals surface area contributed by atoms with Gasteiger partial charge in [0.25, 0.3) is 5.91 Å². The monoisotopic (exact) mass is 362 g/mol. The van der Waals surface area contributed by atoms with Crippen LogP contribution in [0.5, 0.6) is 0 Å². The van der Waals surface area contributed by atoms with Crippen LogP contribution in [0.15, 0.2) is 71.9 Å². The molecule has 1 aromatic carbocycles. The molecule has 0 bridgehead atoms. The molecule has 2 N–H and O–H groups in total. The largest absolute Gasteiger partial charge is 0.340 e. The van der Waals surface area contributed by atoms with Crippen molar-refractivity contribution in [3.63, 3.8) is 0 Å². The summed E-state index contributed by atoms with van der Waals surface area (Å²) in [5, 5.41) is 13.9. The van der Waals surface area contributed by atoms with Gasteiger partial charge < -0.3 is 10.6 Å². The number of benzene rings is 1. The normalized spacial score (nSPS) is 10.5. The van der Waals surface area contributed by atoms with Gasteiger partial charge >= 0.3 is 0 Å². The van der Waals surface area contributed by atoms with Gasteiger partial charge in [0.05, 0.1) is 5.56 Å². The minimum Gasteiger partial charge on any atom is -0.340 e. The van der Waals surface area contributed by atoms with E-state index in [-0.39, 0.29) is 5.91 Å². The second-order valence-electron chi connectivity index (χ2n) is 5.38. The summed E-state index contributed by atoms with van der Waals surface area (Å²) >= 11 is 1.49. The minimum absolute atomic E-state index is 0.119. The first kappa shape index (κ1) is 16.0. The lowest BCUT2D eigenvalue weighted by Gasteiger charge is -2.08. The Balaban J connectivity index is 1.44. The summed E-state index contributed by atoms with van der Waals surface area (Å²) in [5.74, 6) is 1.21. The molecule has 4 rings (SSSR count). The first-order valence-corrected chi connectivity index (χ1v) is 8.75. The molecule has 0 aliphatic rings. The van der Waals surface area contributed by atoms with Gasteiger partial charge in [0, 0.05) is 35.2 Å². The Morgan fingerprint density at radius 3 is 2.65 bits per heavy atom. The minimum atomic E-state index is -0.119. The van der Waals surface area contributed by atoms with Crippen molar-refractivity contribution in [2.24, 2.45) is 0 Å². The fourth-order valence-electron chi connectivity index (χ4n) is 2.33. The fraction of sp³-hybridized carbons (Fsp3) is 0. The standard InChI is InChI=1S/C18H14N6OS/c25-18(13-6-9-26-11-13)23-15-4-2-14(3-5-15)22-16-10-17(20-12-19-16)24-8-1-7-21-24/h1-12H,(H,23,25)(H,19,20,22). The molecular weight excluding hydrogens is 348 g/mol.